The number of rotatable bonds is 6. The largest absolute Gasteiger partial charge is 0.492 e. The number of halogens is 1. The van der Waals surface area contributed by atoms with Crippen LogP contribution in [0.4, 0.5) is 10.1 Å². The molecule has 1 saturated heterocycles. The normalized spacial score (nSPS) is 16.4. The molecule has 6 heteroatoms. The lowest BCUT2D eigenvalue weighted by molar-refractivity contribution is -0.130. The van der Waals surface area contributed by atoms with E-state index in [-0.39, 0.29) is 18.1 Å². The van der Waals surface area contributed by atoms with Gasteiger partial charge >= 0.3 is 0 Å². The first kappa shape index (κ1) is 14.7. The zero-order valence-electron chi connectivity index (χ0n) is 11.7. The van der Waals surface area contributed by atoms with Crippen LogP contribution in [0.2, 0.25) is 0 Å². The second-order valence-corrected chi connectivity index (χ2v) is 4.96. The highest BCUT2D eigenvalue weighted by atomic mass is 19.1. The topological polar surface area (TPSA) is 59.6 Å². The molecule has 20 heavy (non-hydrogen) atoms. The van der Waals surface area contributed by atoms with Gasteiger partial charge in [0.25, 0.3) is 5.91 Å². The van der Waals surface area contributed by atoms with E-state index in [0.29, 0.717) is 18.0 Å². The smallest absolute Gasteiger partial charge is 0.250 e. The molecule has 0 unspecified atom stereocenters. The minimum atomic E-state index is -0.407. The summed E-state index contributed by atoms with van der Waals surface area (Å²) in [7, 11) is 0. The van der Waals surface area contributed by atoms with Crippen molar-refractivity contribution in [3.05, 3.63) is 24.0 Å². The van der Waals surface area contributed by atoms with Crippen molar-refractivity contribution >= 4 is 11.6 Å². The van der Waals surface area contributed by atoms with E-state index in [1.54, 1.807) is 6.92 Å². The lowest BCUT2D eigenvalue weighted by Crippen LogP contribution is -2.59. The Balaban J connectivity index is 1.93. The number of benzene rings is 1. The van der Waals surface area contributed by atoms with Crippen molar-refractivity contribution in [2.45, 2.75) is 19.4 Å². The van der Waals surface area contributed by atoms with Crippen molar-refractivity contribution in [1.82, 2.24) is 5.32 Å². The van der Waals surface area contributed by atoms with Gasteiger partial charge in [0.1, 0.15) is 18.2 Å². The molecular formula is C14H19FN2O3. The minimum absolute atomic E-state index is 0.0406. The van der Waals surface area contributed by atoms with Crippen LogP contribution >= 0.6 is 0 Å². The van der Waals surface area contributed by atoms with Gasteiger partial charge in [-0.25, -0.2) is 4.39 Å². The van der Waals surface area contributed by atoms with E-state index in [9.17, 15) is 9.18 Å². The summed E-state index contributed by atoms with van der Waals surface area (Å²) in [6.45, 7) is 5.57. The molecule has 110 valence electrons. The first-order valence-corrected chi connectivity index (χ1v) is 6.59. The molecule has 1 aliphatic heterocycles. The summed E-state index contributed by atoms with van der Waals surface area (Å²) >= 11 is 0. The zero-order chi connectivity index (χ0) is 14.6. The van der Waals surface area contributed by atoms with E-state index >= 15 is 0 Å². The van der Waals surface area contributed by atoms with Crippen LogP contribution in [0, 0.1) is 5.82 Å². The van der Waals surface area contributed by atoms with Crippen LogP contribution in [0.1, 0.15) is 13.8 Å². The fourth-order valence-corrected chi connectivity index (χ4v) is 1.88. The van der Waals surface area contributed by atoms with E-state index in [1.807, 2.05) is 6.92 Å². The molecule has 0 spiro atoms. The van der Waals surface area contributed by atoms with E-state index in [2.05, 4.69) is 10.6 Å². The van der Waals surface area contributed by atoms with E-state index in [4.69, 9.17) is 9.47 Å². The summed E-state index contributed by atoms with van der Waals surface area (Å²) in [4.78, 5) is 11.8. The van der Waals surface area contributed by atoms with Crippen LogP contribution in [-0.4, -0.2) is 37.8 Å². The van der Waals surface area contributed by atoms with Gasteiger partial charge in [-0.1, -0.05) is 0 Å². The molecule has 2 N–H and O–H groups in total. The number of carbonyl (C=O) groups excluding carboxylic acids is 1. The Morgan fingerprint density at radius 3 is 2.85 bits per heavy atom. The molecule has 1 fully saturated rings. The molecular weight excluding hydrogens is 263 g/mol. The third-order valence-corrected chi connectivity index (χ3v) is 3.07. The van der Waals surface area contributed by atoms with Gasteiger partial charge in [0.2, 0.25) is 0 Å². The minimum Gasteiger partial charge on any atom is -0.492 e. The second kappa shape index (κ2) is 6.19. The van der Waals surface area contributed by atoms with Crippen LogP contribution in [0.25, 0.3) is 0 Å². The van der Waals surface area contributed by atoms with Crippen LogP contribution in [0.15, 0.2) is 18.2 Å². The molecule has 1 aromatic carbocycles. The average Bonchev–Trinajstić information content (AvgIpc) is 2.38. The van der Waals surface area contributed by atoms with Crippen molar-refractivity contribution in [1.29, 1.82) is 0 Å². The number of anilines is 1. The highest BCUT2D eigenvalue weighted by Gasteiger charge is 2.33. The highest BCUT2D eigenvalue weighted by molar-refractivity contribution is 5.93. The summed E-state index contributed by atoms with van der Waals surface area (Å²) in [5, 5.41) is 5.76. The van der Waals surface area contributed by atoms with Crippen molar-refractivity contribution in [2.75, 3.05) is 31.6 Å². The summed E-state index contributed by atoms with van der Waals surface area (Å²) in [6, 6.07) is 4.00. The summed E-state index contributed by atoms with van der Waals surface area (Å²) < 4.78 is 24.0. The predicted molar refractivity (Wildman–Crippen MR) is 73.4 cm³/mol. The molecule has 1 heterocycles. The van der Waals surface area contributed by atoms with Crippen molar-refractivity contribution in [2.24, 2.45) is 0 Å². The monoisotopic (exact) mass is 282 g/mol. The van der Waals surface area contributed by atoms with Gasteiger partial charge < -0.3 is 20.1 Å². The molecule has 0 aromatic heterocycles. The Bertz CT molecular complexity index is 489. The molecule has 1 aliphatic rings. The summed E-state index contributed by atoms with van der Waals surface area (Å²) in [6.07, 6.45) is 0. The summed E-state index contributed by atoms with van der Waals surface area (Å²) in [5.74, 6) is -0.376. The van der Waals surface area contributed by atoms with Crippen LogP contribution < -0.4 is 15.4 Å². The average molecular weight is 282 g/mol. The number of amides is 1. The Labute approximate surface area is 117 Å². The van der Waals surface area contributed by atoms with E-state index < -0.39 is 5.82 Å². The maximum atomic E-state index is 13.1. The van der Waals surface area contributed by atoms with Crippen LogP contribution in [0.5, 0.6) is 5.75 Å². The van der Waals surface area contributed by atoms with Gasteiger partial charge in [0, 0.05) is 19.2 Å². The molecule has 2 rings (SSSR count). The number of hydrogen-bond donors (Lipinski definition) is 2. The Hall–Kier alpha value is -1.66. The zero-order valence-corrected chi connectivity index (χ0v) is 11.7. The van der Waals surface area contributed by atoms with Crippen molar-refractivity contribution < 1.29 is 18.7 Å². The van der Waals surface area contributed by atoms with Gasteiger partial charge in [-0.05, 0) is 26.0 Å². The molecule has 0 aliphatic carbocycles. The quantitative estimate of drug-likeness (QED) is 0.831. The van der Waals surface area contributed by atoms with Crippen LogP contribution in [0.3, 0.4) is 0 Å². The SMILES string of the molecule is CCOc1cc(F)ccc1NC(=O)COC1(C)CNC1. The number of carbonyl (C=O) groups is 1. The van der Waals surface area contributed by atoms with Gasteiger partial charge in [0.05, 0.1) is 17.9 Å². The van der Waals surface area contributed by atoms with Gasteiger partial charge in [-0.3, -0.25) is 4.79 Å². The lowest BCUT2D eigenvalue weighted by Gasteiger charge is -2.38. The molecule has 0 radical (unpaired) electrons. The van der Waals surface area contributed by atoms with E-state index in [0.717, 1.165) is 13.1 Å². The third-order valence-electron chi connectivity index (χ3n) is 3.07. The van der Waals surface area contributed by atoms with Crippen molar-refractivity contribution in [3.63, 3.8) is 0 Å². The van der Waals surface area contributed by atoms with Gasteiger partial charge in [-0.15, -0.1) is 0 Å². The Morgan fingerprint density at radius 1 is 1.50 bits per heavy atom. The maximum Gasteiger partial charge on any atom is 0.250 e. The first-order valence-electron chi connectivity index (χ1n) is 6.59. The van der Waals surface area contributed by atoms with E-state index in [1.165, 1.54) is 18.2 Å². The standard InChI is InChI=1S/C14H19FN2O3/c1-3-19-12-6-10(15)4-5-11(12)17-13(18)7-20-14(2)8-16-9-14/h4-6,16H,3,7-9H2,1-2H3,(H,17,18). The lowest BCUT2D eigenvalue weighted by atomic mass is 10.0. The molecule has 0 bridgehead atoms. The third kappa shape index (κ3) is 3.68. The van der Waals surface area contributed by atoms with Gasteiger partial charge in [0.15, 0.2) is 0 Å². The van der Waals surface area contributed by atoms with Crippen LogP contribution in [-0.2, 0) is 9.53 Å². The molecule has 1 amide bonds. The number of nitrogens with one attached hydrogen (secondary N) is 2. The van der Waals surface area contributed by atoms with Crippen molar-refractivity contribution in [3.8, 4) is 5.75 Å². The number of hydrogen-bond acceptors (Lipinski definition) is 4. The first-order chi connectivity index (χ1) is 9.52. The Kier molecular flexibility index (Phi) is 4.57. The summed E-state index contributed by atoms with van der Waals surface area (Å²) in [5.41, 5.74) is 0.168. The molecule has 1 aromatic rings. The second-order valence-electron chi connectivity index (χ2n) is 4.96. The Morgan fingerprint density at radius 2 is 2.25 bits per heavy atom. The highest BCUT2D eigenvalue weighted by Crippen LogP contribution is 2.25. The molecule has 0 saturated carbocycles. The fourth-order valence-electron chi connectivity index (χ4n) is 1.88. The molecule has 5 nitrogen and oxygen atoms in total. The molecule has 0 atom stereocenters. The predicted octanol–water partition coefficient (Wildman–Crippen LogP) is 1.54. The maximum absolute atomic E-state index is 13.1. The number of ether oxygens (including phenoxy) is 2. The fraction of sp³-hybridized carbons (Fsp3) is 0.500. The van der Waals surface area contributed by atoms with Gasteiger partial charge in [-0.2, -0.15) is 0 Å².